The largest absolute Gasteiger partial charge is 0.496 e. The zero-order valence-electron chi connectivity index (χ0n) is 14.6. The average Bonchev–Trinajstić information content (AvgIpc) is 2.97. The van der Waals surface area contributed by atoms with Crippen LogP contribution in [-0.4, -0.2) is 50.4 Å². The molecule has 1 heterocycles. The lowest BCUT2D eigenvalue weighted by Crippen LogP contribution is -2.41. The van der Waals surface area contributed by atoms with Gasteiger partial charge >= 0.3 is 0 Å². The maximum atomic E-state index is 13.2. The van der Waals surface area contributed by atoms with Gasteiger partial charge < -0.3 is 9.64 Å². The summed E-state index contributed by atoms with van der Waals surface area (Å²) in [5.74, 6) is 0.562. The lowest BCUT2D eigenvalue weighted by atomic mass is 10.0. The zero-order valence-corrected chi connectivity index (χ0v) is 15.4. The molecule has 1 aliphatic rings. The number of nitrogens with zero attached hydrogens (tertiary/aromatic N) is 1. The van der Waals surface area contributed by atoms with Gasteiger partial charge in [0, 0.05) is 12.6 Å². The van der Waals surface area contributed by atoms with Crippen molar-refractivity contribution in [1.29, 1.82) is 0 Å². The second-order valence-corrected chi connectivity index (χ2v) is 8.68. The molecular weight excluding hydrogens is 338 g/mol. The van der Waals surface area contributed by atoms with Gasteiger partial charge in [0.25, 0.3) is 5.91 Å². The topological polar surface area (TPSA) is 63.7 Å². The maximum absolute atomic E-state index is 13.2. The minimum absolute atomic E-state index is 0.0502. The lowest BCUT2D eigenvalue weighted by molar-refractivity contribution is 0.0694. The summed E-state index contributed by atoms with van der Waals surface area (Å²) in [5, 5.41) is 1.96. The number of hydrogen-bond acceptors (Lipinski definition) is 4. The van der Waals surface area contributed by atoms with Gasteiger partial charge in [0.1, 0.15) is 5.75 Å². The van der Waals surface area contributed by atoms with Crippen molar-refractivity contribution < 1.29 is 17.9 Å². The second kappa shape index (κ2) is 7.04. The Balaban J connectivity index is 2.00. The first kappa shape index (κ1) is 17.7. The molecular formula is C19H23NO4S. The van der Waals surface area contributed by atoms with Gasteiger partial charge in [0.05, 0.1) is 24.2 Å². The predicted molar refractivity (Wildman–Crippen MR) is 98.9 cm³/mol. The molecule has 1 fully saturated rings. The normalized spacial score (nSPS) is 19.0. The van der Waals surface area contributed by atoms with Gasteiger partial charge in [-0.1, -0.05) is 31.2 Å². The minimum Gasteiger partial charge on any atom is -0.496 e. The fourth-order valence-corrected chi connectivity index (χ4v) is 5.15. The summed E-state index contributed by atoms with van der Waals surface area (Å²) in [6.45, 7) is 2.52. The van der Waals surface area contributed by atoms with Crippen LogP contribution in [0.25, 0.3) is 10.8 Å². The molecule has 0 aliphatic carbocycles. The van der Waals surface area contributed by atoms with Crippen LogP contribution < -0.4 is 4.74 Å². The first-order chi connectivity index (χ1) is 11.9. The maximum Gasteiger partial charge on any atom is 0.257 e. The van der Waals surface area contributed by atoms with Crippen LogP contribution in [0.1, 0.15) is 30.1 Å². The molecule has 0 spiro atoms. The number of amides is 1. The van der Waals surface area contributed by atoms with Crippen molar-refractivity contribution in [2.45, 2.75) is 25.8 Å². The van der Waals surface area contributed by atoms with Gasteiger partial charge in [-0.3, -0.25) is 4.79 Å². The summed E-state index contributed by atoms with van der Waals surface area (Å²) in [4.78, 5) is 14.9. The molecule has 0 saturated carbocycles. The van der Waals surface area contributed by atoms with E-state index in [1.165, 1.54) is 0 Å². The molecule has 0 bridgehead atoms. The van der Waals surface area contributed by atoms with Gasteiger partial charge in [-0.2, -0.15) is 0 Å². The molecule has 0 radical (unpaired) electrons. The minimum atomic E-state index is -3.05. The van der Waals surface area contributed by atoms with E-state index in [9.17, 15) is 13.2 Å². The number of hydrogen-bond donors (Lipinski definition) is 0. The molecule has 1 amide bonds. The Labute approximate surface area is 148 Å². The van der Waals surface area contributed by atoms with E-state index < -0.39 is 9.84 Å². The number of sulfone groups is 1. The number of fused-ring (bicyclic) bond motifs is 1. The van der Waals surface area contributed by atoms with Gasteiger partial charge in [-0.25, -0.2) is 8.42 Å². The van der Waals surface area contributed by atoms with E-state index in [4.69, 9.17) is 4.74 Å². The Hall–Kier alpha value is -2.08. The molecule has 134 valence electrons. The summed E-state index contributed by atoms with van der Waals surface area (Å²) >= 11 is 0. The molecule has 25 heavy (non-hydrogen) atoms. The summed E-state index contributed by atoms with van der Waals surface area (Å²) < 4.78 is 29.1. The van der Waals surface area contributed by atoms with Crippen LogP contribution in [0.2, 0.25) is 0 Å². The van der Waals surface area contributed by atoms with Gasteiger partial charge in [-0.05, 0) is 35.7 Å². The summed E-state index contributed by atoms with van der Waals surface area (Å²) in [7, 11) is -1.50. The Kier molecular flexibility index (Phi) is 4.99. The molecule has 0 N–H and O–H groups in total. The van der Waals surface area contributed by atoms with Crippen molar-refractivity contribution in [3.05, 3.63) is 42.0 Å². The van der Waals surface area contributed by atoms with Crippen LogP contribution in [0, 0.1) is 0 Å². The molecule has 2 aromatic carbocycles. The van der Waals surface area contributed by atoms with Crippen molar-refractivity contribution in [3.63, 3.8) is 0 Å². The Morgan fingerprint density at radius 1 is 1.24 bits per heavy atom. The smallest absolute Gasteiger partial charge is 0.257 e. The number of carbonyl (C=O) groups excluding carboxylic acids is 1. The van der Waals surface area contributed by atoms with Crippen molar-refractivity contribution >= 4 is 26.5 Å². The number of benzene rings is 2. The molecule has 5 nitrogen and oxygen atoms in total. The Morgan fingerprint density at radius 3 is 2.48 bits per heavy atom. The molecule has 1 unspecified atom stereocenters. The quantitative estimate of drug-likeness (QED) is 0.821. The van der Waals surface area contributed by atoms with Crippen LogP contribution in [-0.2, 0) is 9.84 Å². The van der Waals surface area contributed by atoms with Gasteiger partial charge in [0.2, 0.25) is 0 Å². The van der Waals surface area contributed by atoms with E-state index >= 15 is 0 Å². The summed E-state index contributed by atoms with van der Waals surface area (Å²) in [5.41, 5.74) is 0.485. The molecule has 0 aromatic heterocycles. The van der Waals surface area contributed by atoms with Crippen LogP contribution in [0.3, 0.4) is 0 Å². The fourth-order valence-electron chi connectivity index (χ4n) is 3.42. The molecule has 2 aromatic rings. The third-order valence-electron chi connectivity index (χ3n) is 4.67. The van der Waals surface area contributed by atoms with Crippen molar-refractivity contribution in [2.75, 3.05) is 25.2 Å². The molecule has 6 heteroatoms. The average molecular weight is 361 g/mol. The third-order valence-corrected chi connectivity index (χ3v) is 6.42. The van der Waals surface area contributed by atoms with E-state index in [1.807, 2.05) is 43.3 Å². The fraction of sp³-hybridized carbons (Fsp3) is 0.421. The highest BCUT2D eigenvalue weighted by Crippen LogP contribution is 2.29. The van der Waals surface area contributed by atoms with E-state index in [2.05, 4.69) is 0 Å². The monoisotopic (exact) mass is 361 g/mol. The Bertz CT molecular complexity index is 891. The molecule has 1 aliphatic heterocycles. The predicted octanol–water partition coefficient (Wildman–Crippen LogP) is 2.89. The molecule has 1 atom stereocenters. The van der Waals surface area contributed by atoms with E-state index in [0.29, 0.717) is 24.3 Å². The number of methoxy groups -OCH3 is 1. The summed E-state index contributed by atoms with van der Waals surface area (Å²) in [6, 6.07) is 11.2. The van der Waals surface area contributed by atoms with Crippen molar-refractivity contribution in [1.82, 2.24) is 4.90 Å². The number of rotatable bonds is 5. The van der Waals surface area contributed by atoms with Crippen LogP contribution in [0.4, 0.5) is 0 Å². The SMILES string of the molecule is CCCN(C(=O)c1cc2ccccc2cc1OC)C1CCS(=O)(=O)C1. The standard InChI is InChI=1S/C19H23NO4S/c1-3-9-20(16-8-10-25(22,23)13-16)19(21)17-11-14-6-4-5-7-15(14)12-18(17)24-2/h4-7,11-12,16H,3,8-10,13H2,1-2H3. The highest BCUT2D eigenvalue weighted by Gasteiger charge is 2.35. The van der Waals surface area contributed by atoms with Crippen LogP contribution in [0.15, 0.2) is 36.4 Å². The summed E-state index contributed by atoms with van der Waals surface area (Å²) in [6.07, 6.45) is 1.28. The van der Waals surface area contributed by atoms with E-state index in [1.54, 1.807) is 12.0 Å². The Morgan fingerprint density at radius 2 is 1.92 bits per heavy atom. The second-order valence-electron chi connectivity index (χ2n) is 6.46. The first-order valence-electron chi connectivity index (χ1n) is 8.53. The molecule has 1 saturated heterocycles. The zero-order chi connectivity index (χ0) is 18.0. The first-order valence-corrected chi connectivity index (χ1v) is 10.4. The number of carbonyl (C=O) groups is 1. The van der Waals surface area contributed by atoms with Crippen molar-refractivity contribution in [2.24, 2.45) is 0 Å². The van der Waals surface area contributed by atoms with E-state index in [0.717, 1.165) is 17.2 Å². The number of ether oxygens (including phenoxy) is 1. The van der Waals surface area contributed by atoms with Gasteiger partial charge in [-0.15, -0.1) is 0 Å². The highest BCUT2D eigenvalue weighted by molar-refractivity contribution is 7.91. The van der Waals surface area contributed by atoms with Crippen LogP contribution in [0.5, 0.6) is 5.75 Å². The van der Waals surface area contributed by atoms with Crippen molar-refractivity contribution in [3.8, 4) is 5.75 Å². The molecule has 3 rings (SSSR count). The van der Waals surface area contributed by atoms with Gasteiger partial charge in [0.15, 0.2) is 9.84 Å². The lowest BCUT2D eigenvalue weighted by Gasteiger charge is -2.28. The van der Waals surface area contributed by atoms with Crippen LogP contribution >= 0.6 is 0 Å². The third kappa shape index (κ3) is 3.63. The van der Waals surface area contributed by atoms with E-state index in [-0.39, 0.29) is 23.5 Å². The highest BCUT2D eigenvalue weighted by atomic mass is 32.2.